The number of amides is 2. The van der Waals surface area contributed by atoms with Crippen LogP contribution in [-0.4, -0.2) is 34.5 Å². The van der Waals surface area contributed by atoms with Gasteiger partial charge in [-0.25, -0.2) is 10.9 Å². The minimum absolute atomic E-state index is 0.100. The molecule has 0 bridgehead atoms. The molecule has 4 aromatic rings. The summed E-state index contributed by atoms with van der Waals surface area (Å²) < 4.78 is 0. The van der Waals surface area contributed by atoms with Gasteiger partial charge in [-0.1, -0.05) is 73.5 Å². The van der Waals surface area contributed by atoms with Crippen LogP contribution in [0.25, 0.3) is 21.5 Å². The summed E-state index contributed by atoms with van der Waals surface area (Å²) in [5, 5.41) is 31.9. The van der Waals surface area contributed by atoms with E-state index in [0.717, 1.165) is 34.4 Å². The summed E-state index contributed by atoms with van der Waals surface area (Å²) in [6.45, 7) is 0. The average molecular weight is 511 g/mol. The molecule has 8 nitrogen and oxygen atoms in total. The predicted molar refractivity (Wildman–Crippen MR) is 150 cm³/mol. The van der Waals surface area contributed by atoms with E-state index in [0.29, 0.717) is 36.8 Å². The van der Waals surface area contributed by atoms with Gasteiger partial charge in [-0.15, -0.1) is 0 Å². The van der Waals surface area contributed by atoms with E-state index in [4.69, 9.17) is 0 Å². The van der Waals surface area contributed by atoms with Crippen LogP contribution in [0.15, 0.2) is 83.0 Å². The molecule has 38 heavy (non-hydrogen) atoms. The second-order valence-electron chi connectivity index (χ2n) is 8.94. The maximum atomic E-state index is 12.1. The first-order valence-electron chi connectivity index (χ1n) is 12.6. The number of hydrogen-bond acceptors (Lipinski definition) is 6. The third kappa shape index (κ3) is 6.94. The Kier molecular flexibility index (Phi) is 9.02. The molecule has 0 saturated carbocycles. The zero-order chi connectivity index (χ0) is 26.7. The molecule has 0 aliphatic rings. The van der Waals surface area contributed by atoms with Crippen LogP contribution in [-0.2, 0) is 9.59 Å². The number of phenols is 2. The molecule has 0 aromatic heterocycles. The van der Waals surface area contributed by atoms with E-state index in [1.807, 2.05) is 60.7 Å². The molecular weight excluding hydrogens is 480 g/mol. The Bertz CT molecular complexity index is 1380. The van der Waals surface area contributed by atoms with Crippen LogP contribution < -0.4 is 10.9 Å². The fourth-order valence-corrected chi connectivity index (χ4v) is 4.21. The fourth-order valence-electron chi connectivity index (χ4n) is 4.21. The lowest BCUT2D eigenvalue weighted by molar-refractivity contribution is -0.122. The highest BCUT2D eigenvalue weighted by atomic mass is 16.3. The average Bonchev–Trinajstić information content (AvgIpc) is 2.93. The first-order chi connectivity index (χ1) is 18.5. The van der Waals surface area contributed by atoms with Gasteiger partial charge in [0, 0.05) is 24.0 Å². The van der Waals surface area contributed by atoms with Crippen molar-refractivity contribution in [3.63, 3.8) is 0 Å². The van der Waals surface area contributed by atoms with Gasteiger partial charge >= 0.3 is 0 Å². The van der Waals surface area contributed by atoms with Gasteiger partial charge in [0.05, 0.1) is 12.4 Å². The summed E-state index contributed by atoms with van der Waals surface area (Å²) in [5.41, 5.74) is 6.12. The van der Waals surface area contributed by atoms with Crippen LogP contribution in [0.3, 0.4) is 0 Å². The highest BCUT2D eigenvalue weighted by molar-refractivity contribution is 6.03. The van der Waals surface area contributed by atoms with E-state index >= 15 is 0 Å². The second-order valence-corrected chi connectivity index (χ2v) is 8.94. The van der Waals surface area contributed by atoms with Crippen LogP contribution >= 0.6 is 0 Å². The molecule has 2 amide bonds. The van der Waals surface area contributed by atoms with Crippen molar-refractivity contribution in [1.82, 2.24) is 10.9 Å². The van der Waals surface area contributed by atoms with Crippen molar-refractivity contribution in [2.24, 2.45) is 10.2 Å². The fraction of sp³-hybridized carbons (Fsp3) is 0.200. The van der Waals surface area contributed by atoms with Crippen LogP contribution in [0, 0.1) is 0 Å². The van der Waals surface area contributed by atoms with Crippen molar-refractivity contribution < 1.29 is 19.8 Å². The molecule has 0 atom stereocenters. The largest absolute Gasteiger partial charge is 0.507 e. The quantitative estimate of drug-likeness (QED) is 0.123. The molecular formula is C30H30N4O4. The number of hydrogen-bond donors (Lipinski definition) is 4. The Labute approximate surface area is 220 Å². The Balaban J connectivity index is 1.12. The number of nitrogens with zero attached hydrogens (tertiary/aromatic N) is 2. The van der Waals surface area contributed by atoms with Crippen molar-refractivity contribution in [3.05, 3.63) is 83.9 Å². The maximum absolute atomic E-state index is 12.1. The lowest BCUT2D eigenvalue weighted by Gasteiger charge is -2.05. The van der Waals surface area contributed by atoms with Crippen molar-refractivity contribution in [1.29, 1.82) is 0 Å². The lowest BCUT2D eigenvalue weighted by Crippen LogP contribution is -2.17. The summed E-state index contributed by atoms with van der Waals surface area (Å²) in [6.07, 6.45) is 6.54. The van der Waals surface area contributed by atoms with Crippen molar-refractivity contribution in [2.45, 2.75) is 38.5 Å². The molecule has 8 heteroatoms. The minimum atomic E-state index is -0.204. The number of nitrogens with one attached hydrogen (secondary N) is 2. The lowest BCUT2D eigenvalue weighted by atomic mass is 10.0. The monoisotopic (exact) mass is 510 g/mol. The Morgan fingerprint density at radius 2 is 1.03 bits per heavy atom. The summed E-state index contributed by atoms with van der Waals surface area (Å²) >= 11 is 0. The number of fused-ring (bicyclic) bond motifs is 2. The maximum Gasteiger partial charge on any atom is 0.240 e. The van der Waals surface area contributed by atoms with Gasteiger partial charge in [-0.2, -0.15) is 10.2 Å². The van der Waals surface area contributed by atoms with Gasteiger partial charge in [-0.05, 0) is 46.5 Å². The molecule has 0 saturated heterocycles. The first kappa shape index (κ1) is 26.3. The number of benzene rings is 4. The summed E-state index contributed by atoms with van der Waals surface area (Å²) in [6, 6.07) is 22.1. The van der Waals surface area contributed by atoms with Gasteiger partial charge in [0.15, 0.2) is 0 Å². The van der Waals surface area contributed by atoms with E-state index in [1.54, 1.807) is 12.1 Å². The van der Waals surface area contributed by atoms with Crippen LogP contribution in [0.1, 0.15) is 49.7 Å². The molecule has 0 radical (unpaired) electrons. The molecule has 4 rings (SSSR count). The number of aromatic hydroxyl groups is 2. The third-order valence-corrected chi connectivity index (χ3v) is 6.22. The molecule has 0 fully saturated rings. The Morgan fingerprint density at radius 1 is 0.605 bits per heavy atom. The molecule has 4 N–H and O–H groups in total. The van der Waals surface area contributed by atoms with Crippen LogP contribution in [0.4, 0.5) is 0 Å². The SMILES string of the molecule is O=C(CCCCCCC(=O)NN=Cc1c(O)ccc2ccccc12)NN=Cc1c(O)ccc2ccccc12. The van der Waals surface area contributed by atoms with Crippen LogP contribution in [0.2, 0.25) is 0 Å². The van der Waals surface area contributed by atoms with Crippen LogP contribution in [0.5, 0.6) is 11.5 Å². The number of carbonyl (C=O) groups is 2. The van der Waals surface area contributed by atoms with Gasteiger partial charge in [0.1, 0.15) is 11.5 Å². The van der Waals surface area contributed by atoms with E-state index in [2.05, 4.69) is 21.1 Å². The zero-order valence-corrected chi connectivity index (χ0v) is 20.9. The summed E-state index contributed by atoms with van der Waals surface area (Å²) in [4.78, 5) is 24.2. The number of carbonyl (C=O) groups excluding carboxylic acids is 2. The van der Waals surface area contributed by atoms with E-state index < -0.39 is 0 Å². The van der Waals surface area contributed by atoms with Gasteiger partial charge in [-0.3, -0.25) is 9.59 Å². The minimum Gasteiger partial charge on any atom is -0.507 e. The van der Waals surface area contributed by atoms with Crippen molar-refractivity contribution >= 4 is 45.8 Å². The summed E-state index contributed by atoms with van der Waals surface area (Å²) in [7, 11) is 0. The normalized spacial score (nSPS) is 11.5. The molecule has 0 unspecified atom stereocenters. The predicted octanol–water partition coefficient (Wildman–Crippen LogP) is 5.35. The summed E-state index contributed by atoms with van der Waals surface area (Å²) in [5.74, 6) is -0.208. The Hall–Kier alpha value is -4.72. The first-order valence-corrected chi connectivity index (χ1v) is 12.6. The van der Waals surface area contributed by atoms with Crippen molar-refractivity contribution in [3.8, 4) is 11.5 Å². The van der Waals surface area contributed by atoms with Crippen molar-refractivity contribution in [2.75, 3.05) is 0 Å². The van der Waals surface area contributed by atoms with E-state index in [1.165, 1.54) is 12.4 Å². The second kappa shape index (κ2) is 13.0. The molecule has 194 valence electrons. The molecule has 0 aliphatic carbocycles. The number of phenolic OH excluding ortho intramolecular Hbond substituents is 2. The topological polar surface area (TPSA) is 123 Å². The standard InChI is InChI=1S/C30H30N4O4/c35-27-17-15-21-9-5-7-11-23(21)25(27)19-31-33-29(37)13-3-1-2-4-14-30(38)34-32-20-26-24-12-8-6-10-22(24)16-18-28(26)36/h5-12,15-20,35-36H,1-4,13-14H2,(H,33,37)(H,34,38). The molecule has 0 spiro atoms. The van der Waals surface area contributed by atoms with E-state index in [-0.39, 0.29) is 23.3 Å². The third-order valence-electron chi connectivity index (χ3n) is 6.22. The van der Waals surface area contributed by atoms with Gasteiger partial charge < -0.3 is 10.2 Å². The molecule has 4 aromatic carbocycles. The van der Waals surface area contributed by atoms with Gasteiger partial charge in [0.2, 0.25) is 11.8 Å². The highest BCUT2D eigenvalue weighted by Crippen LogP contribution is 2.26. The number of hydrazone groups is 2. The van der Waals surface area contributed by atoms with Gasteiger partial charge in [0.25, 0.3) is 0 Å². The number of unbranched alkanes of at least 4 members (excludes halogenated alkanes) is 3. The Morgan fingerprint density at radius 3 is 1.47 bits per heavy atom. The highest BCUT2D eigenvalue weighted by Gasteiger charge is 2.07. The van der Waals surface area contributed by atoms with E-state index in [9.17, 15) is 19.8 Å². The molecule has 0 aliphatic heterocycles. The smallest absolute Gasteiger partial charge is 0.240 e. The number of rotatable bonds is 11. The molecule has 0 heterocycles. The zero-order valence-electron chi connectivity index (χ0n) is 20.9.